The summed E-state index contributed by atoms with van der Waals surface area (Å²) in [5.74, 6) is -0.602. The molecule has 0 saturated heterocycles. The average Bonchev–Trinajstić information content (AvgIpc) is 2.87. The van der Waals surface area contributed by atoms with Crippen LogP contribution in [0.25, 0.3) is 0 Å². The molecule has 0 aliphatic heterocycles. The summed E-state index contributed by atoms with van der Waals surface area (Å²) < 4.78 is 39.8. The largest absolute Gasteiger partial charge is 0.319 e. The summed E-state index contributed by atoms with van der Waals surface area (Å²) in [6, 6.07) is 4.28. The Bertz CT molecular complexity index is 645. The number of aromatic nitrogens is 2. The Morgan fingerprint density at radius 2 is 2.20 bits per heavy atom. The first-order valence-corrected chi connectivity index (χ1v) is 5.76. The summed E-state index contributed by atoms with van der Waals surface area (Å²) in [7, 11) is 0. The highest BCUT2D eigenvalue weighted by Crippen LogP contribution is 2.23. The van der Waals surface area contributed by atoms with Crippen LogP contribution in [0.2, 0.25) is 0 Å². The van der Waals surface area contributed by atoms with Gasteiger partial charge in [-0.15, -0.1) is 0 Å². The van der Waals surface area contributed by atoms with Gasteiger partial charge in [-0.25, -0.2) is 9.37 Å². The number of nitriles is 1. The van der Waals surface area contributed by atoms with E-state index in [1.165, 1.54) is 18.3 Å². The van der Waals surface area contributed by atoms with Crippen molar-refractivity contribution in [1.82, 2.24) is 9.55 Å². The van der Waals surface area contributed by atoms with Crippen LogP contribution in [-0.2, 0) is 6.54 Å². The Morgan fingerprint density at radius 3 is 2.85 bits per heavy atom. The predicted molar refractivity (Wildman–Crippen MR) is 66.4 cm³/mol. The number of benzene rings is 1. The Labute approximate surface area is 113 Å². The molecule has 0 N–H and O–H groups in total. The van der Waals surface area contributed by atoms with Gasteiger partial charge in [0.2, 0.25) is 0 Å². The van der Waals surface area contributed by atoms with Gasteiger partial charge in [0.15, 0.2) is 6.19 Å². The minimum absolute atomic E-state index is 0.0116. The molecule has 7 heteroatoms. The first kappa shape index (κ1) is 13.9. The van der Waals surface area contributed by atoms with Crippen molar-refractivity contribution >= 4 is 5.69 Å². The molecule has 4 nitrogen and oxygen atoms in total. The third-order valence-electron chi connectivity index (χ3n) is 2.77. The summed E-state index contributed by atoms with van der Waals surface area (Å²) in [4.78, 5) is 4.76. The number of hydrogen-bond donors (Lipinski definition) is 0. The van der Waals surface area contributed by atoms with E-state index >= 15 is 0 Å². The van der Waals surface area contributed by atoms with Crippen molar-refractivity contribution in [2.24, 2.45) is 0 Å². The van der Waals surface area contributed by atoms with Crippen molar-refractivity contribution < 1.29 is 13.2 Å². The van der Waals surface area contributed by atoms with Crippen LogP contribution < -0.4 is 4.90 Å². The van der Waals surface area contributed by atoms with Crippen LogP contribution in [0.4, 0.5) is 18.9 Å². The molecule has 1 aromatic heterocycles. The van der Waals surface area contributed by atoms with Crippen molar-refractivity contribution in [3.8, 4) is 6.19 Å². The lowest BCUT2D eigenvalue weighted by Gasteiger charge is -2.17. The molecule has 0 aliphatic carbocycles. The molecule has 0 saturated carbocycles. The Morgan fingerprint density at radius 1 is 1.45 bits per heavy atom. The molecular weight excluding hydrogens is 269 g/mol. The molecule has 0 bridgehead atoms. The van der Waals surface area contributed by atoms with E-state index in [0.29, 0.717) is 4.57 Å². The number of hydrogen-bond acceptors (Lipinski definition) is 3. The number of nitrogens with zero attached hydrogens (tertiary/aromatic N) is 4. The van der Waals surface area contributed by atoms with E-state index in [1.807, 2.05) is 0 Å². The number of aryl methyl sites for hydroxylation is 1. The van der Waals surface area contributed by atoms with Gasteiger partial charge in [-0.05, 0) is 24.6 Å². The number of imidazole rings is 1. The smallest absolute Gasteiger partial charge is 0.276 e. The Kier molecular flexibility index (Phi) is 3.94. The van der Waals surface area contributed by atoms with Gasteiger partial charge >= 0.3 is 6.55 Å². The number of alkyl halides is 2. The van der Waals surface area contributed by atoms with Gasteiger partial charge in [0, 0.05) is 12.4 Å². The van der Waals surface area contributed by atoms with Gasteiger partial charge in [0.25, 0.3) is 0 Å². The van der Waals surface area contributed by atoms with E-state index in [9.17, 15) is 13.2 Å². The van der Waals surface area contributed by atoms with E-state index in [-0.39, 0.29) is 18.1 Å². The summed E-state index contributed by atoms with van der Waals surface area (Å²) in [5.41, 5.74) is 0.801. The van der Waals surface area contributed by atoms with Crippen LogP contribution in [0.5, 0.6) is 0 Å². The molecule has 2 aromatic rings. The highest BCUT2D eigenvalue weighted by atomic mass is 19.3. The fraction of sp³-hybridized carbons (Fsp3) is 0.231. The third-order valence-corrected chi connectivity index (χ3v) is 2.77. The van der Waals surface area contributed by atoms with Gasteiger partial charge in [-0.1, -0.05) is 6.07 Å². The van der Waals surface area contributed by atoms with Gasteiger partial charge in [-0.2, -0.15) is 14.0 Å². The second-order valence-electron chi connectivity index (χ2n) is 4.17. The van der Waals surface area contributed by atoms with Crippen LogP contribution >= 0.6 is 0 Å². The zero-order valence-corrected chi connectivity index (χ0v) is 10.6. The standard InChI is InChI=1S/C13H11F3N4/c1-9-2-3-10(14)11(6-9)19(8-17)7-12-18-4-5-20(12)13(15)16/h2-6,13H,7H2,1H3. The van der Waals surface area contributed by atoms with Gasteiger partial charge in [0.1, 0.15) is 11.6 Å². The number of anilines is 1. The SMILES string of the molecule is Cc1ccc(F)c(N(C#N)Cc2nccn2C(F)F)c1. The Balaban J connectivity index is 2.32. The molecule has 20 heavy (non-hydrogen) atoms. The quantitative estimate of drug-likeness (QED) is 0.638. The zero-order valence-electron chi connectivity index (χ0n) is 10.6. The van der Waals surface area contributed by atoms with E-state index < -0.39 is 12.4 Å². The lowest BCUT2D eigenvalue weighted by atomic mass is 10.2. The molecular formula is C13H11F3N4. The molecule has 0 fully saturated rings. The van der Waals surface area contributed by atoms with Crippen LogP contribution in [0.1, 0.15) is 17.9 Å². The molecule has 0 unspecified atom stereocenters. The average molecular weight is 280 g/mol. The molecule has 0 atom stereocenters. The van der Waals surface area contributed by atoms with Gasteiger partial charge in [0.05, 0.1) is 12.2 Å². The summed E-state index contributed by atoms with van der Waals surface area (Å²) >= 11 is 0. The van der Waals surface area contributed by atoms with Crippen molar-refractivity contribution in [3.05, 3.63) is 47.8 Å². The normalized spacial score (nSPS) is 10.6. The molecule has 2 rings (SSSR count). The molecule has 0 spiro atoms. The zero-order chi connectivity index (χ0) is 14.7. The van der Waals surface area contributed by atoms with E-state index in [2.05, 4.69) is 4.98 Å². The van der Waals surface area contributed by atoms with Gasteiger partial charge < -0.3 is 0 Å². The fourth-order valence-electron chi connectivity index (χ4n) is 1.79. The van der Waals surface area contributed by atoms with Crippen molar-refractivity contribution in [3.63, 3.8) is 0 Å². The molecule has 0 radical (unpaired) electrons. The number of rotatable bonds is 4. The lowest BCUT2D eigenvalue weighted by molar-refractivity contribution is 0.0671. The van der Waals surface area contributed by atoms with Crippen molar-refractivity contribution in [1.29, 1.82) is 5.26 Å². The first-order valence-electron chi connectivity index (χ1n) is 5.76. The Hall–Kier alpha value is -2.49. The van der Waals surface area contributed by atoms with E-state index in [0.717, 1.165) is 16.7 Å². The van der Waals surface area contributed by atoms with E-state index in [4.69, 9.17) is 5.26 Å². The maximum atomic E-state index is 13.7. The lowest BCUT2D eigenvalue weighted by Crippen LogP contribution is -2.20. The fourth-order valence-corrected chi connectivity index (χ4v) is 1.79. The maximum Gasteiger partial charge on any atom is 0.319 e. The highest BCUT2D eigenvalue weighted by molar-refractivity contribution is 5.53. The van der Waals surface area contributed by atoms with Crippen LogP contribution in [0, 0.1) is 24.2 Å². The maximum absolute atomic E-state index is 13.7. The monoisotopic (exact) mass is 280 g/mol. The second-order valence-corrected chi connectivity index (χ2v) is 4.17. The summed E-state index contributed by atoms with van der Waals surface area (Å²) in [6.07, 6.45) is 4.11. The van der Waals surface area contributed by atoms with Crippen molar-refractivity contribution in [2.45, 2.75) is 20.0 Å². The highest BCUT2D eigenvalue weighted by Gasteiger charge is 2.17. The topological polar surface area (TPSA) is 44.9 Å². The van der Waals surface area contributed by atoms with E-state index in [1.54, 1.807) is 19.2 Å². The summed E-state index contributed by atoms with van der Waals surface area (Å²) in [5, 5.41) is 9.11. The minimum Gasteiger partial charge on any atom is -0.276 e. The van der Waals surface area contributed by atoms with Crippen LogP contribution in [0.3, 0.4) is 0 Å². The molecule has 0 amide bonds. The summed E-state index contributed by atoms with van der Waals surface area (Å²) in [6.45, 7) is -1.23. The first-order chi connectivity index (χ1) is 9.52. The van der Waals surface area contributed by atoms with Crippen LogP contribution in [-0.4, -0.2) is 9.55 Å². The third kappa shape index (κ3) is 2.74. The minimum atomic E-state index is -2.75. The second kappa shape index (κ2) is 5.65. The number of halogens is 3. The molecule has 1 aromatic carbocycles. The molecule has 104 valence electrons. The molecule has 0 aliphatic rings. The van der Waals surface area contributed by atoms with Gasteiger partial charge in [-0.3, -0.25) is 9.47 Å². The molecule has 1 heterocycles. The van der Waals surface area contributed by atoms with Crippen molar-refractivity contribution in [2.75, 3.05) is 4.90 Å². The van der Waals surface area contributed by atoms with Crippen LogP contribution in [0.15, 0.2) is 30.6 Å². The predicted octanol–water partition coefficient (Wildman–Crippen LogP) is 3.21.